The molecular formula is C14H19N3OS. The molecule has 1 aromatic carbocycles. The zero-order valence-corrected chi connectivity index (χ0v) is 12.1. The van der Waals surface area contributed by atoms with Crippen LogP contribution in [0.3, 0.4) is 0 Å². The highest BCUT2D eigenvalue weighted by Gasteiger charge is 2.13. The SMILES string of the molecule is CCC[C@H](N)c1nc(CSc2cccc(C)c2)no1. The summed E-state index contributed by atoms with van der Waals surface area (Å²) in [5, 5.41) is 3.97. The summed E-state index contributed by atoms with van der Waals surface area (Å²) in [5.74, 6) is 1.95. The molecule has 0 aliphatic heterocycles. The van der Waals surface area contributed by atoms with Crippen LogP contribution in [0.1, 0.15) is 43.1 Å². The zero-order valence-electron chi connectivity index (χ0n) is 11.3. The van der Waals surface area contributed by atoms with Crippen LogP contribution >= 0.6 is 11.8 Å². The lowest BCUT2D eigenvalue weighted by Crippen LogP contribution is -2.10. The van der Waals surface area contributed by atoms with Gasteiger partial charge in [-0.15, -0.1) is 11.8 Å². The van der Waals surface area contributed by atoms with Gasteiger partial charge in [0.05, 0.1) is 11.8 Å². The van der Waals surface area contributed by atoms with Gasteiger partial charge in [0.25, 0.3) is 0 Å². The average Bonchev–Trinajstić information content (AvgIpc) is 2.86. The maximum atomic E-state index is 5.94. The summed E-state index contributed by atoms with van der Waals surface area (Å²) in [7, 11) is 0. The molecule has 0 radical (unpaired) electrons. The molecule has 0 spiro atoms. The second kappa shape index (κ2) is 6.73. The van der Waals surface area contributed by atoms with Gasteiger partial charge in [-0.25, -0.2) is 0 Å². The molecule has 2 aromatic rings. The van der Waals surface area contributed by atoms with Crippen LogP contribution < -0.4 is 5.73 Å². The van der Waals surface area contributed by atoms with Gasteiger partial charge in [0.15, 0.2) is 5.82 Å². The van der Waals surface area contributed by atoms with E-state index < -0.39 is 0 Å². The number of aryl methyl sites for hydroxylation is 1. The Balaban J connectivity index is 1.93. The normalized spacial score (nSPS) is 12.6. The van der Waals surface area contributed by atoms with E-state index in [1.165, 1.54) is 10.5 Å². The minimum absolute atomic E-state index is 0.143. The second-order valence-electron chi connectivity index (χ2n) is 4.55. The number of rotatable bonds is 6. The topological polar surface area (TPSA) is 64.9 Å². The summed E-state index contributed by atoms with van der Waals surface area (Å²) in [4.78, 5) is 5.55. The molecule has 0 aliphatic carbocycles. The summed E-state index contributed by atoms with van der Waals surface area (Å²) < 4.78 is 5.19. The second-order valence-corrected chi connectivity index (χ2v) is 5.60. The number of hydrogen-bond acceptors (Lipinski definition) is 5. The molecule has 0 bridgehead atoms. The molecule has 4 nitrogen and oxygen atoms in total. The lowest BCUT2D eigenvalue weighted by molar-refractivity contribution is 0.345. The molecule has 1 heterocycles. The molecule has 0 aliphatic rings. The molecule has 2 rings (SSSR count). The maximum Gasteiger partial charge on any atom is 0.243 e. The van der Waals surface area contributed by atoms with Crippen molar-refractivity contribution in [1.82, 2.24) is 10.1 Å². The predicted molar refractivity (Wildman–Crippen MR) is 76.9 cm³/mol. The first kappa shape index (κ1) is 14.1. The van der Waals surface area contributed by atoms with Crippen LogP contribution in [-0.4, -0.2) is 10.1 Å². The van der Waals surface area contributed by atoms with Gasteiger partial charge in [-0.05, 0) is 25.5 Å². The molecule has 0 saturated heterocycles. The van der Waals surface area contributed by atoms with E-state index in [9.17, 15) is 0 Å². The van der Waals surface area contributed by atoms with E-state index in [-0.39, 0.29) is 6.04 Å². The first-order valence-corrected chi connectivity index (χ1v) is 7.45. The zero-order chi connectivity index (χ0) is 13.7. The molecule has 1 atom stereocenters. The number of hydrogen-bond donors (Lipinski definition) is 1. The van der Waals surface area contributed by atoms with E-state index >= 15 is 0 Å². The van der Waals surface area contributed by atoms with Gasteiger partial charge in [-0.3, -0.25) is 0 Å². The summed E-state index contributed by atoms with van der Waals surface area (Å²) in [6, 6.07) is 8.22. The van der Waals surface area contributed by atoms with Crippen LogP contribution in [0.5, 0.6) is 0 Å². The molecule has 2 N–H and O–H groups in total. The summed E-state index contributed by atoms with van der Waals surface area (Å²) in [6.07, 6.45) is 1.88. The van der Waals surface area contributed by atoms with E-state index in [4.69, 9.17) is 10.3 Å². The minimum atomic E-state index is -0.143. The molecule has 102 valence electrons. The number of benzene rings is 1. The van der Waals surface area contributed by atoms with Crippen molar-refractivity contribution < 1.29 is 4.52 Å². The van der Waals surface area contributed by atoms with Gasteiger partial charge in [0.1, 0.15) is 0 Å². The van der Waals surface area contributed by atoms with Crippen LogP contribution in [0.15, 0.2) is 33.7 Å². The number of aromatic nitrogens is 2. The Bertz CT molecular complexity index is 527. The first-order valence-electron chi connectivity index (χ1n) is 6.46. The van der Waals surface area contributed by atoms with Gasteiger partial charge >= 0.3 is 0 Å². The van der Waals surface area contributed by atoms with Crippen molar-refractivity contribution in [2.45, 2.75) is 43.4 Å². The van der Waals surface area contributed by atoms with Crippen molar-refractivity contribution in [3.63, 3.8) is 0 Å². The van der Waals surface area contributed by atoms with E-state index in [1.54, 1.807) is 11.8 Å². The third kappa shape index (κ3) is 4.08. The standard InChI is InChI=1S/C14H19N3OS/c1-3-5-12(15)14-16-13(17-18-14)9-19-11-7-4-6-10(2)8-11/h4,6-8,12H,3,5,9,15H2,1-2H3/t12-/m0/s1. The highest BCUT2D eigenvalue weighted by Crippen LogP contribution is 2.23. The molecule has 0 unspecified atom stereocenters. The van der Waals surface area contributed by atoms with Crippen LogP contribution in [0, 0.1) is 6.92 Å². The van der Waals surface area contributed by atoms with Crippen LogP contribution in [-0.2, 0) is 5.75 Å². The Hall–Kier alpha value is -1.33. The van der Waals surface area contributed by atoms with E-state index in [0.29, 0.717) is 17.5 Å². The average molecular weight is 277 g/mol. The lowest BCUT2D eigenvalue weighted by Gasteiger charge is -2.02. The first-order chi connectivity index (χ1) is 9.19. The smallest absolute Gasteiger partial charge is 0.243 e. The van der Waals surface area contributed by atoms with Crippen molar-refractivity contribution in [1.29, 1.82) is 0 Å². The molecule has 5 heteroatoms. The molecule has 0 fully saturated rings. The van der Waals surface area contributed by atoms with Gasteiger partial charge in [-0.2, -0.15) is 4.98 Å². The van der Waals surface area contributed by atoms with E-state index in [2.05, 4.69) is 48.3 Å². The monoisotopic (exact) mass is 277 g/mol. The fourth-order valence-electron chi connectivity index (χ4n) is 1.76. The van der Waals surface area contributed by atoms with Crippen LogP contribution in [0.25, 0.3) is 0 Å². The molecule has 19 heavy (non-hydrogen) atoms. The molecule has 0 saturated carbocycles. The third-order valence-electron chi connectivity index (χ3n) is 2.76. The van der Waals surface area contributed by atoms with Crippen molar-refractivity contribution in [2.24, 2.45) is 5.73 Å². The van der Waals surface area contributed by atoms with Crippen molar-refractivity contribution in [3.05, 3.63) is 41.5 Å². The van der Waals surface area contributed by atoms with Gasteiger partial charge < -0.3 is 10.3 Å². The Morgan fingerprint density at radius 1 is 1.42 bits per heavy atom. The fourth-order valence-corrected chi connectivity index (χ4v) is 2.62. The molecular weight excluding hydrogens is 258 g/mol. The fraction of sp³-hybridized carbons (Fsp3) is 0.429. The third-order valence-corrected chi connectivity index (χ3v) is 3.75. The summed E-state index contributed by atoms with van der Waals surface area (Å²) in [6.45, 7) is 4.17. The summed E-state index contributed by atoms with van der Waals surface area (Å²) in [5.41, 5.74) is 7.20. The van der Waals surface area contributed by atoms with Crippen molar-refractivity contribution in [2.75, 3.05) is 0 Å². The molecule has 0 amide bonds. The number of nitrogens with zero attached hydrogens (tertiary/aromatic N) is 2. The van der Waals surface area contributed by atoms with Crippen LogP contribution in [0.4, 0.5) is 0 Å². The minimum Gasteiger partial charge on any atom is -0.338 e. The lowest BCUT2D eigenvalue weighted by atomic mass is 10.2. The maximum absolute atomic E-state index is 5.94. The van der Waals surface area contributed by atoms with Gasteiger partial charge in [0, 0.05) is 4.90 Å². The van der Waals surface area contributed by atoms with Crippen LogP contribution in [0.2, 0.25) is 0 Å². The Kier molecular flexibility index (Phi) is 4.99. The van der Waals surface area contributed by atoms with E-state index in [1.807, 2.05) is 0 Å². The van der Waals surface area contributed by atoms with Gasteiger partial charge in [0.2, 0.25) is 5.89 Å². The molecule has 1 aromatic heterocycles. The quantitative estimate of drug-likeness (QED) is 0.819. The number of thioether (sulfide) groups is 1. The Labute approximate surface area is 117 Å². The van der Waals surface area contributed by atoms with E-state index in [0.717, 1.165) is 12.8 Å². The Morgan fingerprint density at radius 2 is 2.26 bits per heavy atom. The highest BCUT2D eigenvalue weighted by atomic mass is 32.2. The Morgan fingerprint density at radius 3 is 3.00 bits per heavy atom. The largest absolute Gasteiger partial charge is 0.338 e. The van der Waals surface area contributed by atoms with Crippen molar-refractivity contribution >= 4 is 11.8 Å². The number of nitrogens with two attached hydrogens (primary N) is 1. The highest BCUT2D eigenvalue weighted by molar-refractivity contribution is 7.98. The predicted octanol–water partition coefficient (Wildman–Crippen LogP) is 3.47. The van der Waals surface area contributed by atoms with Gasteiger partial charge in [-0.1, -0.05) is 36.2 Å². The van der Waals surface area contributed by atoms with Crippen molar-refractivity contribution in [3.8, 4) is 0 Å². The summed E-state index contributed by atoms with van der Waals surface area (Å²) >= 11 is 1.70.